The van der Waals surface area contributed by atoms with Crippen LogP contribution in [0.1, 0.15) is 49.5 Å². The van der Waals surface area contributed by atoms with Crippen LogP contribution in [0.25, 0.3) is 0 Å². The lowest BCUT2D eigenvalue weighted by atomic mass is 9.96. The van der Waals surface area contributed by atoms with Gasteiger partial charge in [0.25, 0.3) is 5.91 Å². The van der Waals surface area contributed by atoms with E-state index in [1.807, 2.05) is 24.1 Å². The second-order valence-electron chi connectivity index (χ2n) is 7.15. The number of rotatable bonds is 7. The van der Waals surface area contributed by atoms with E-state index in [0.29, 0.717) is 12.0 Å². The molecule has 0 radical (unpaired) electrons. The van der Waals surface area contributed by atoms with E-state index in [0.717, 1.165) is 51.1 Å². The van der Waals surface area contributed by atoms with E-state index in [9.17, 15) is 4.79 Å². The van der Waals surface area contributed by atoms with E-state index in [4.69, 9.17) is 0 Å². The largest absolute Gasteiger partial charge is 0.339 e. The Bertz CT molecular complexity index is 514. The lowest BCUT2D eigenvalue weighted by molar-refractivity contribution is 0.0691. The molecule has 1 aliphatic heterocycles. The molecule has 0 aliphatic carbocycles. The number of hydrogen-bond acceptors (Lipinski definition) is 3. The van der Waals surface area contributed by atoms with Crippen molar-refractivity contribution in [2.45, 2.75) is 46.2 Å². The first kappa shape index (κ1) is 25.2. The topological polar surface area (TPSA) is 35.6 Å². The number of nitrogens with zero attached hydrogens (tertiary/aromatic N) is 2. The Morgan fingerprint density at radius 1 is 1.19 bits per heavy atom. The van der Waals surface area contributed by atoms with Gasteiger partial charge in [0.2, 0.25) is 0 Å². The third kappa shape index (κ3) is 7.07. The smallest absolute Gasteiger partial charge is 0.253 e. The Morgan fingerprint density at radius 3 is 2.23 bits per heavy atom. The third-order valence-electron chi connectivity index (χ3n) is 5.12. The Balaban J connectivity index is 0.00000312. The Morgan fingerprint density at radius 2 is 1.77 bits per heavy atom. The number of benzene rings is 1. The molecule has 4 nitrogen and oxygen atoms in total. The van der Waals surface area contributed by atoms with Crippen molar-refractivity contribution in [1.29, 1.82) is 0 Å². The first-order valence-corrected chi connectivity index (χ1v) is 9.32. The number of carbonyl (C=O) groups is 1. The summed E-state index contributed by atoms with van der Waals surface area (Å²) in [6.45, 7) is 11.4. The molecule has 1 heterocycles. The molecule has 1 aromatic rings. The molecule has 0 unspecified atom stereocenters. The van der Waals surface area contributed by atoms with Gasteiger partial charge in [-0.25, -0.2) is 0 Å². The van der Waals surface area contributed by atoms with Gasteiger partial charge >= 0.3 is 0 Å². The number of likely N-dealkylation sites (tertiary alicyclic amines) is 1. The van der Waals surface area contributed by atoms with Crippen LogP contribution < -0.4 is 5.32 Å². The molecule has 6 heteroatoms. The molecule has 1 aromatic carbocycles. The maximum absolute atomic E-state index is 12.7. The van der Waals surface area contributed by atoms with Gasteiger partial charge < -0.3 is 10.2 Å². The molecule has 1 N–H and O–H groups in total. The van der Waals surface area contributed by atoms with Crippen molar-refractivity contribution < 1.29 is 4.79 Å². The monoisotopic (exact) mass is 403 g/mol. The van der Waals surface area contributed by atoms with Crippen molar-refractivity contribution >= 4 is 30.7 Å². The van der Waals surface area contributed by atoms with E-state index in [1.165, 1.54) is 5.56 Å². The average molecular weight is 404 g/mol. The number of piperidine rings is 1. The summed E-state index contributed by atoms with van der Waals surface area (Å²) in [5.41, 5.74) is 2.09. The van der Waals surface area contributed by atoms with Crippen LogP contribution in [-0.4, -0.2) is 55.0 Å². The quantitative estimate of drug-likeness (QED) is 0.750. The minimum absolute atomic E-state index is 0. The molecule has 2 rings (SSSR count). The average Bonchev–Trinajstić information content (AvgIpc) is 2.60. The number of carbonyl (C=O) groups excluding carboxylic acids is 1. The summed E-state index contributed by atoms with van der Waals surface area (Å²) in [6, 6.07) is 8.73. The van der Waals surface area contributed by atoms with E-state index in [2.05, 4.69) is 43.1 Å². The molecule has 1 saturated heterocycles. The highest BCUT2D eigenvalue weighted by Crippen LogP contribution is 2.19. The molecule has 0 saturated carbocycles. The Hall–Kier alpha value is -0.810. The molecular formula is C20H35Cl2N3O. The van der Waals surface area contributed by atoms with Crippen LogP contribution in [0.5, 0.6) is 0 Å². The second-order valence-corrected chi connectivity index (χ2v) is 7.15. The number of halogens is 2. The summed E-state index contributed by atoms with van der Waals surface area (Å²) in [4.78, 5) is 17.1. The highest BCUT2D eigenvalue weighted by molar-refractivity contribution is 5.94. The highest BCUT2D eigenvalue weighted by Gasteiger charge is 2.23. The summed E-state index contributed by atoms with van der Waals surface area (Å²) in [7, 11) is 2.00. The van der Waals surface area contributed by atoms with Gasteiger partial charge in [-0.1, -0.05) is 19.1 Å². The number of amides is 1. The van der Waals surface area contributed by atoms with Gasteiger partial charge in [-0.3, -0.25) is 9.69 Å². The first-order valence-electron chi connectivity index (χ1n) is 9.32. The summed E-state index contributed by atoms with van der Waals surface area (Å²) >= 11 is 0. The lowest BCUT2D eigenvalue weighted by Gasteiger charge is -2.32. The van der Waals surface area contributed by atoms with Crippen molar-refractivity contribution in [3.8, 4) is 0 Å². The molecule has 1 fully saturated rings. The fourth-order valence-corrected chi connectivity index (χ4v) is 3.46. The second kappa shape index (κ2) is 12.6. The van der Waals surface area contributed by atoms with Gasteiger partial charge in [0.05, 0.1) is 0 Å². The van der Waals surface area contributed by atoms with Crippen molar-refractivity contribution in [3.05, 3.63) is 35.4 Å². The maximum atomic E-state index is 12.7. The van der Waals surface area contributed by atoms with Gasteiger partial charge in [0, 0.05) is 31.2 Å². The molecule has 0 bridgehead atoms. The summed E-state index contributed by atoms with van der Waals surface area (Å²) in [5.74, 6) is 0.887. The van der Waals surface area contributed by atoms with Crippen LogP contribution in [0.3, 0.4) is 0 Å². The highest BCUT2D eigenvalue weighted by atomic mass is 35.5. The van der Waals surface area contributed by atoms with Crippen molar-refractivity contribution in [1.82, 2.24) is 15.1 Å². The van der Waals surface area contributed by atoms with Crippen LogP contribution in [0, 0.1) is 5.92 Å². The maximum Gasteiger partial charge on any atom is 0.253 e. The van der Waals surface area contributed by atoms with Crippen LogP contribution >= 0.6 is 24.8 Å². The van der Waals surface area contributed by atoms with E-state index in [-0.39, 0.29) is 30.7 Å². The van der Waals surface area contributed by atoms with E-state index >= 15 is 0 Å². The molecule has 0 atom stereocenters. The Kier molecular flexibility index (Phi) is 12.2. The zero-order valence-electron chi connectivity index (χ0n) is 16.5. The van der Waals surface area contributed by atoms with Crippen molar-refractivity contribution in [3.63, 3.8) is 0 Å². The van der Waals surface area contributed by atoms with E-state index in [1.54, 1.807) is 0 Å². The zero-order chi connectivity index (χ0) is 17.5. The van der Waals surface area contributed by atoms with Crippen molar-refractivity contribution in [2.75, 3.05) is 33.2 Å². The normalized spacial score (nSPS) is 14.9. The zero-order valence-corrected chi connectivity index (χ0v) is 18.2. The van der Waals surface area contributed by atoms with Gasteiger partial charge in [-0.15, -0.1) is 24.8 Å². The van der Waals surface area contributed by atoms with Crippen molar-refractivity contribution in [2.24, 2.45) is 5.92 Å². The molecule has 1 aliphatic rings. The molecule has 0 aromatic heterocycles. The van der Waals surface area contributed by atoms with Crippen LogP contribution in [0.15, 0.2) is 24.3 Å². The van der Waals surface area contributed by atoms with Crippen LogP contribution in [-0.2, 0) is 6.54 Å². The molecule has 0 spiro atoms. The lowest BCUT2D eigenvalue weighted by Crippen LogP contribution is -2.40. The van der Waals surface area contributed by atoms with Gasteiger partial charge in [-0.2, -0.15) is 0 Å². The van der Waals surface area contributed by atoms with Gasteiger partial charge in [0.1, 0.15) is 0 Å². The molecule has 26 heavy (non-hydrogen) atoms. The van der Waals surface area contributed by atoms with Crippen LogP contribution in [0.4, 0.5) is 0 Å². The minimum Gasteiger partial charge on any atom is -0.339 e. The van der Waals surface area contributed by atoms with E-state index < -0.39 is 0 Å². The minimum atomic E-state index is 0. The fraction of sp³-hybridized carbons (Fsp3) is 0.650. The predicted octanol–water partition coefficient (Wildman–Crippen LogP) is 3.83. The summed E-state index contributed by atoms with van der Waals surface area (Å²) in [6.07, 6.45) is 2.20. The number of nitrogens with one attached hydrogen (secondary N) is 1. The SMILES string of the molecule is CCN(Cc1ccc(C(=O)N2CCC(CNC)CC2)cc1)C(C)C.Cl.Cl. The Labute approximate surface area is 171 Å². The van der Waals surface area contributed by atoms with Gasteiger partial charge in [-0.05, 0) is 70.4 Å². The third-order valence-corrected chi connectivity index (χ3v) is 5.12. The summed E-state index contributed by atoms with van der Waals surface area (Å²) in [5, 5.41) is 3.24. The summed E-state index contributed by atoms with van der Waals surface area (Å²) < 4.78 is 0. The van der Waals surface area contributed by atoms with Crippen LogP contribution in [0.2, 0.25) is 0 Å². The predicted molar refractivity (Wildman–Crippen MR) is 115 cm³/mol. The standard InChI is InChI=1S/C20H33N3O.2ClH/c1-5-22(16(2)3)15-18-6-8-19(9-7-18)20(24)23-12-10-17(11-13-23)14-21-4;;/h6-9,16-17,21H,5,10-15H2,1-4H3;2*1H. The first-order chi connectivity index (χ1) is 11.5. The molecular weight excluding hydrogens is 369 g/mol. The molecule has 1 amide bonds. The fourth-order valence-electron chi connectivity index (χ4n) is 3.46. The molecule has 150 valence electrons. The van der Waals surface area contributed by atoms with Gasteiger partial charge in [0.15, 0.2) is 0 Å². The number of hydrogen-bond donors (Lipinski definition) is 1.